The zero-order valence-corrected chi connectivity index (χ0v) is 14.8. The largest absolute Gasteiger partial charge is 0.323 e. The van der Waals surface area contributed by atoms with Crippen LogP contribution in [-0.4, -0.2) is 27.2 Å². The van der Waals surface area contributed by atoms with E-state index in [1.807, 2.05) is 0 Å². The van der Waals surface area contributed by atoms with Crippen LogP contribution in [0.2, 0.25) is 5.02 Å². The normalized spacial score (nSPS) is 13.5. The van der Waals surface area contributed by atoms with E-state index in [-0.39, 0.29) is 5.02 Å². The van der Waals surface area contributed by atoms with E-state index in [0.717, 1.165) is 17.9 Å². The van der Waals surface area contributed by atoms with E-state index in [1.165, 1.54) is 16.4 Å². The summed E-state index contributed by atoms with van der Waals surface area (Å²) in [6, 6.07) is 8.37. The summed E-state index contributed by atoms with van der Waals surface area (Å²) in [6.45, 7) is 0.387. The number of carbonyl (C=O) groups is 1. The van der Waals surface area contributed by atoms with E-state index >= 15 is 0 Å². The Hall–Kier alpha value is -2.32. The first kappa shape index (κ1) is 17.5. The Labute approximate surface area is 149 Å². The molecule has 0 saturated carbocycles. The Balaban J connectivity index is 1.71. The van der Waals surface area contributed by atoms with Crippen molar-refractivity contribution in [2.24, 2.45) is 0 Å². The van der Waals surface area contributed by atoms with Crippen molar-refractivity contribution in [2.75, 3.05) is 27.7 Å². The minimum Gasteiger partial charge on any atom is -0.308 e. The monoisotopic (exact) mass is 383 g/mol. The van der Waals surface area contributed by atoms with Gasteiger partial charge in [-0.05, 0) is 48.4 Å². The maximum Gasteiger partial charge on any atom is 0.323 e. The van der Waals surface area contributed by atoms with E-state index in [1.54, 1.807) is 18.2 Å². The first-order chi connectivity index (χ1) is 11.7. The molecule has 2 aromatic carbocycles. The maximum atomic E-state index is 13.1. The summed E-state index contributed by atoms with van der Waals surface area (Å²) in [5.74, 6) is -0.568. The number of nitrogens with one attached hydrogen (secondary N) is 2. The van der Waals surface area contributed by atoms with Crippen LogP contribution in [0.4, 0.5) is 26.2 Å². The molecule has 1 heterocycles. The fourth-order valence-electron chi connectivity index (χ4n) is 2.66. The molecule has 132 valence electrons. The summed E-state index contributed by atoms with van der Waals surface area (Å²) in [7, 11) is -3.31. The lowest BCUT2D eigenvalue weighted by Crippen LogP contribution is -2.27. The van der Waals surface area contributed by atoms with Gasteiger partial charge >= 0.3 is 6.03 Å². The van der Waals surface area contributed by atoms with Crippen LogP contribution in [0, 0.1) is 5.82 Å². The molecule has 0 atom stereocenters. The number of hydrogen-bond donors (Lipinski definition) is 2. The Morgan fingerprint density at radius 1 is 1.16 bits per heavy atom. The molecule has 2 aromatic rings. The van der Waals surface area contributed by atoms with E-state index in [2.05, 4.69) is 10.6 Å². The van der Waals surface area contributed by atoms with Gasteiger partial charge in [0.05, 0.1) is 17.0 Å². The maximum absolute atomic E-state index is 13.1. The van der Waals surface area contributed by atoms with Gasteiger partial charge in [-0.3, -0.25) is 4.31 Å². The zero-order valence-electron chi connectivity index (χ0n) is 13.2. The molecule has 3 rings (SSSR count). The van der Waals surface area contributed by atoms with Crippen molar-refractivity contribution < 1.29 is 17.6 Å². The summed E-state index contributed by atoms with van der Waals surface area (Å²) in [6.07, 6.45) is 1.74. The molecule has 0 fully saturated rings. The summed E-state index contributed by atoms with van der Waals surface area (Å²) in [5, 5.41) is 5.12. The molecule has 0 saturated heterocycles. The number of anilines is 3. The Bertz CT molecular complexity index is 950. The highest BCUT2D eigenvalue weighted by atomic mass is 35.5. The average molecular weight is 384 g/mol. The number of benzene rings is 2. The molecule has 2 N–H and O–H groups in total. The molecule has 0 aliphatic carbocycles. The number of nitrogens with zero attached hydrogens (tertiary/aromatic N) is 1. The van der Waals surface area contributed by atoms with E-state index in [4.69, 9.17) is 11.6 Å². The van der Waals surface area contributed by atoms with Crippen molar-refractivity contribution in [3.63, 3.8) is 0 Å². The number of amides is 2. The number of hydrogen-bond acceptors (Lipinski definition) is 3. The predicted octanol–water partition coefficient (Wildman–Crippen LogP) is 3.45. The molecule has 0 spiro atoms. The molecule has 0 bridgehead atoms. The highest BCUT2D eigenvalue weighted by molar-refractivity contribution is 7.92. The molecule has 1 aliphatic rings. The first-order valence-corrected chi connectivity index (χ1v) is 9.60. The van der Waals surface area contributed by atoms with Crippen LogP contribution in [0.25, 0.3) is 0 Å². The molecule has 25 heavy (non-hydrogen) atoms. The van der Waals surface area contributed by atoms with Gasteiger partial charge in [-0.1, -0.05) is 11.6 Å². The molecule has 1 aliphatic heterocycles. The van der Waals surface area contributed by atoms with Gasteiger partial charge in [0.25, 0.3) is 0 Å². The number of fused-ring (bicyclic) bond motifs is 1. The van der Waals surface area contributed by atoms with Crippen LogP contribution in [0.5, 0.6) is 0 Å². The lowest BCUT2D eigenvalue weighted by molar-refractivity contribution is 0.262. The van der Waals surface area contributed by atoms with Crippen molar-refractivity contribution >= 4 is 44.7 Å². The summed E-state index contributed by atoms with van der Waals surface area (Å²) < 4.78 is 37.9. The quantitative estimate of drug-likeness (QED) is 0.852. The minimum absolute atomic E-state index is 0.0869. The molecule has 0 unspecified atom stereocenters. The van der Waals surface area contributed by atoms with Crippen LogP contribution in [-0.2, 0) is 16.4 Å². The van der Waals surface area contributed by atoms with Gasteiger partial charge in [-0.15, -0.1) is 0 Å². The van der Waals surface area contributed by atoms with E-state index in [9.17, 15) is 17.6 Å². The smallest absolute Gasteiger partial charge is 0.308 e. The first-order valence-electron chi connectivity index (χ1n) is 7.38. The van der Waals surface area contributed by atoms with Crippen LogP contribution >= 0.6 is 11.6 Å². The van der Waals surface area contributed by atoms with Crippen molar-refractivity contribution in [1.29, 1.82) is 0 Å². The van der Waals surface area contributed by atoms with E-state index < -0.39 is 21.9 Å². The minimum atomic E-state index is -3.31. The molecule has 0 radical (unpaired) electrons. The molecule has 9 heteroatoms. The Morgan fingerprint density at radius 2 is 1.80 bits per heavy atom. The second-order valence-corrected chi connectivity index (χ2v) is 7.95. The molecule has 6 nitrogen and oxygen atoms in total. The fraction of sp³-hybridized carbons (Fsp3) is 0.188. The lowest BCUT2D eigenvalue weighted by Gasteiger charge is -2.16. The van der Waals surface area contributed by atoms with Crippen molar-refractivity contribution in [3.8, 4) is 0 Å². The van der Waals surface area contributed by atoms with Gasteiger partial charge in [0.1, 0.15) is 5.82 Å². The molecular formula is C16H15ClFN3O3S. The van der Waals surface area contributed by atoms with Crippen LogP contribution in [0.1, 0.15) is 5.56 Å². The highest BCUT2D eigenvalue weighted by Crippen LogP contribution is 2.32. The van der Waals surface area contributed by atoms with Gasteiger partial charge in [0.15, 0.2) is 0 Å². The van der Waals surface area contributed by atoms with E-state index in [0.29, 0.717) is 30.0 Å². The molecule has 0 aromatic heterocycles. The van der Waals surface area contributed by atoms with Gasteiger partial charge in [-0.2, -0.15) is 0 Å². The Morgan fingerprint density at radius 3 is 2.44 bits per heavy atom. The number of sulfonamides is 1. The van der Waals surface area contributed by atoms with Crippen molar-refractivity contribution in [3.05, 3.63) is 52.8 Å². The van der Waals surface area contributed by atoms with Crippen LogP contribution < -0.4 is 14.9 Å². The van der Waals surface area contributed by atoms with Gasteiger partial charge in [0.2, 0.25) is 10.0 Å². The van der Waals surface area contributed by atoms with Crippen LogP contribution in [0.15, 0.2) is 36.4 Å². The van der Waals surface area contributed by atoms with Crippen LogP contribution in [0.3, 0.4) is 0 Å². The van der Waals surface area contributed by atoms with Gasteiger partial charge < -0.3 is 10.6 Å². The predicted molar refractivity (Wildman–Crippen MR) is 96.4 cm³/mol. The van der Waals surface area contributed by atoms with Crippen molar-refractivity contribution in [2.45, 2.75) is 6.42 Å². The van der Waals surface area contributed by atoms with Gasteiger partial charge in [0, 0.05) is 17.9 Å². The summed E-state index contributed by atoms with van der Waals surface area (Å²) >= 11 is 5.67. The SMILES string of the molecule is CS(=O)(=O)N1CCc2cc(NC(=O)Nc3ccc(F)c(Cl)c3)ccc21. The van der Waals surface area contributed by atoms with Gasteiger partial charge in [-0.25, -0.2) is 17.6 Å². The molecule has 2 amide bonds. The number of halogens is 2. The second kappa shape index (κ2) is 6.53. The zero-order chi connectivity index (χ0) is 18.2. The second-order valence-electron chi connectivity index (χ2n) is 5.64. The molecular weight excluding hydrogens is 369 g/mol. The third kappa shape index (κ3) is 3.85. The summed E-state index contributed by atoms with van der Waals surface area (Å²) in [4.78, 5) is 12.0. The fourth-order valence-corrected chi connectivity index (χ4v) is 3.80. The third-order valence-corrected chi connectivity index (χ3v) is 5.24. The standard InChI is InChI=1S/C16H15ClFN3O3S/c1-25(23,24)21-7-6-10-8-11(3-5-15(10)21)19-16(22)20-12-2-4-14(18)13(17)9-12/h2-5,8-9H,6-7H2,1H3,(H2,19,20,22). The summed E-state index contributed by atoms with van der Waals surface area (Å²) in [5.41, 5.74) is 2.35. The highest BCUT2D eigenvalue weighted by Gasteiger charge is 2.26. The lowest BCUT2D eigenvalue weighted by atomic mass is 10.1. The van der Waals surface area contributed by atoms with Crippen molar-refractivity contribution in [1.82, 2.24) is 0 Å². The average Bonchev–Trinajstić information content (AvgIpc) is 2.94. The Kier molecular flexibility index (Phi) is 4.57. The number of rotatable bonds is 3. The topological polar surface area (TPSA) is 78.5 Å². The third-order valence-electron chi connectivity index (χ3n) is 3.77. The number of carbonyl (C=O) groups excluding carboxylic acids is 1. The number of urea groups is 1.